The molecule has 0 fully saturated rings. The zero-order valence-corrected chi connectivity index (χ0v) is 14.4. The SMILES string of the molecule is Brc1c(CC2=NCCc3cc4c(cc32)OCO4)ccc2c1OCO2. The van der Waals surface area contributed by atoms with Gasteiger partial charge in [0.05, 0.1) is 4.47 Å². The molecule has 0 bridgehead atoms. The van der Waals surface area contributed by atoms with Crippen LogP contribution in [0.2, 0.25) is 0 Å². The first-order valence-electron chi connectivity index (χ1n) is 7.83. The number of fused-ring (bicyclic) bond motifs is 3. The van der Waals surface area contributed by atoms with Crippen molar-refractivity contribution in [2.45, 2.75) is 12.8 Å². The van der Waals surface area contributed by atoms with Crippen LogP contribution in [0.4, 0.5) is 0 Å². The lowest BCUT2D eigenvalue weighted by Crippen LogP contribution is -2.15. The van der Waals surface area contributed by atoms with E-state index in [9.17, 15) is 0 Å². The first-order chi connectivity index (χ1) is 11.8. The van der Waals surface area contributed by atoms with Gasteiger partial charge in [0.15, 0.2) is 23.0 Å². The molecular formula is C18H14BrNO4. The van der Waals surface area contributed by atoms with Gasteiger partial charge in [0.2, 0.25) is 13.6 Å². The Kier molecular flexibility index (Phi) is 3.19. The summed E-state index contributed by atoms with van der Waals surface area (Å²) in [7, 11) is 0. The zero-order chi connectivity index (χ0) is 16.1. The smallest absolute Gasteiger partial charge is 0.231 e. The molecule has 0 saturated heterocycles. The normalized spacial score (nSPS) is 16.8. The molecule has 0 aromatic heterocycles. The van der Waals surface area contributed by atoms with E-state index in [4.69, 9.17) is 23.9 Å². The molecule has 0 radical (unpaired) electrons. The van der Waals surface area contributed by atoms with Crippen molar-refractivity contribution in [3.8, 4) is 23.0 Å². The molecule has 0 aliphatic carbocycles. The van der Waals surface area contributed by atoms with Gasteiger partial charge >= 0.3 is 0 Å². The minimum atomic E-state index is 0.268. The largest absolute Gasteiger partial charge is 0.454 e. The quantitative estimate of drug-likeness (QED) is 0.791. The summed E-state index contributed by atoms with van der Waals surface area (Å²) in [5.74, 6) is 3.18. The van der Waals surface area contributed by atoms with E-state index in [1.54, 1.807) is 0 Å². The number of aliphatic imine (C=N–C) groups is 1. The molecule has 122 valence electrons. The van der Waals surface area contributed by atoms with E-state index in [-0.39, 0.29) is 6.79 Å². The number of nitrogens with zero attached hydrogens (tertiary/aromatic N) is 1. The maximum absolute atomic E-state index is 5.54. The number of hydrogen-bond acceptors (Lipinski definition) is 5. The van der Waals surface area contributed by atoms with Crippen LogP contribution in [0.1, 0.15) is 16.7 Å². The van der Waals surface area contributed by atoms with Crippen molar-refractivity contribution in [3.63, 3.8) is 0 Å². The highest BCUT2D eigenvalue weighted by Gasteiger charge is 2.24. The number of ether oxygens (including phenoxy) is 4. The third-order valence-corrected chi connectivity index (χ3v) is 5.38. The Morgan fingerprint density at radius 3 is 2.67 bits per heavy atom. The molecular weight excluding hydrogens is 374 g/mol. The van der Waals surface area contributed by atoms with E-state index in [1.807, 2.05) is 6.07 Å². The summed E-state index contributed by atoms with van der Waals surface area (Å²) in [6, 6.07) is 8.14. The Hall–Kier alpha value is -2.21. The lowest BCUT2D eigenvalue weighted by atomic mass is 9.93. The van der Waals surface area contributed by atoms with Crippen LogP contribution in [0.5, 0.6) is 23.0 Å². The fourth-order valence-electron chi connectivity index (χ4n) is 3.30. The van der Waals surface area contributed by atoms with Gasteiger partial charge in [-0.05, 0) is 51.7 Å². The van der Waals surface area contributed by atoms with Crippen LogP contribution in [-0.4, -0.2) is 25.8 Å². The number of rotatable bonds is 2. The fourth-order valence-corrected chi connectivity index (χ4v) is 3.89. The topological polar surface area (TPSA) is 49.3 Å². The number of hydrogen-bond donors (Lipinski definition) is 0. The summed E-state index contributed by atoms with van der Waals surface area (Å²) in [5, 5.41) is 0. The maximum atomic E-state index is 5.54. The Labute approximate surface area is 147 Å². The van der Waals surface area contributed by atoms with Crippen LogP contribution in [0.3, 0.4) is 0 Å². The Bertz CT molecular complexity index is 878. The average molecular weight is 388 g/mol. The highest BCUT2D eigenvalue weighted by molar-refractivity contribution is 9.10. The molecule has 6 heteroatoms. The van der Waals surface area contributed by atoms with E-state index < -0.39 is 0 Å². The highest BCUT2D eigenvalue weighted by Crippen LogP contribution is 2.42. The van der Waals surface area contributed by atoms with Crippen LogP contribution >= 0.6 is 15.9 Å². The number of benzene rings is 2. The van der Waals surface area contributed by atoms with Gasteiger partial charge in [-0.1, -0.05) is 6.07 Å². The highest BCUT2D eigenvalue weighted by atomic mass is 79.9. The molecule has 5 nitrogen and oxygen atoms in total. The molecule has 2 aromatic carbocycles. The molecule has 0 unspecified atom stereocenters. The molecule has 24 heavy (non-hydrogen) atoms. The Morgan fingerprint density at radius 1 is 0.958 bits per heavy atom. The van der Waals surface area contributed by atoms with Crippen molar-refractivity contribution in [2.75, 3.05) is 20.1 Å². The molecule has 3 aliphatic rings. The maximum Gasteiger partial charge on any atom is 0.231 e. The summed E-state index contributed by atoms with van der Waals surface area (Å²) in [6.45, 7) is 1.35. The van der Waals surface area contributed by atoms with Gasteiger partial charge in [0.1, 0.15) is 0 Å². The van der Waals surface area contributed by atoms with Gasteiger partial charge < -0.3 is 18.9 Å². The Morgan fingerprint density at radius 2 is 1.75 bits per heavy atom. The van der Waals surface area contributed by atoms with Gasteiger partial charge in [-0.15, -0.1) is 0 Å². The molecule has 5 rings (SSSR count). The van der Waals surface area contributed by atoms with Gasteiger partial charge in [-0.3, -0.25) is 4.99 Å². The zero-order valence-electron chi connectivity index (χ0n) is 12.8. The third-order valence-electron chi connectivity index (χ3n) is 4.51. The summed E-state index contributed by atoms with van der Waals surface area (Å²) >= 11 is 3.64. The standard InChI is InChI=1S/C18H14BrNO4/c19-17-11(1-2-14-18(17)24-9-21-14)5-13-12-7-16-15(22-8-23-16)6-10(12)3-4-20-13/h1-2,6-7H,3-5,8-9H2. The van der Waals surface area contributed by atoms with Crippen LogP contribution < -0.4 is 18.9 Å². The number of halogens is 1. The molecule has 3 heterocycles. The summed E-state index contributed by atoms with van der Waals surface area (Å²) in [4.78, 5) is 4.75. The molecule has 0 amide bonds. The van der Waals surface area contributed by atoms with Gasteiger partial charge in [-0.25, -0.2) is 0 Å². The molecule has 3 aliphatic heterocycles. The van der Waals surface area contributed by atoms with Gasteiger partial charge in [0.25, 0.3) is 0 Å². The first kappa shape index (κ1) is 14.2. The van der Waals surface area contributed by atoms with Crippen LogP contribution in [0, 0.1) is 0 Å². The van der Waals surface area contributed by atoms with E-state index >= 15 is 0 Å². The third kappa shape index (κ3) is 2.17. The summed E-state index contributed by atoms with van der Waals surface area (Å²) < 4.78 is 22.9. The summed E-state index contributed by atoms with van der Waals surface area (Å²) in [6.07, 6.45) is 1.65. The van der Waals surface area contributed by atoms with Crippen molar-refractivity contribution >= 4 is 21.6 Å². The average Bonchev–Trinajstić information content (AvgIpc) is 3.24. The van der Waals surface area contributed by atoms with Crippen molar-refractivity contribution in [1.29, 1.82) is 0 Å². The minimum Gasteiger partial charge on any atom is -0.454 e. The second-order valence-corrected chi connectivity index (χ2v) is 6.68. The predicted molar refractivity (Wildman–Crippen MR) is 91.6 cm³/mol. The van der Waals surface area contributed by atoms with E-state index in [2.05, 4.69) is 34.1 Å². The molecule has 0 N–H and O–H groups in total. The van der Waals surface area contributed by atoms with Crippen molar-refractivity contribution < 1.29 is 18.9 Å². The summed E-state index contributed by atoms with van der Waals surface area (Å²) in [5.41, 5.74) is 4.61. The van der Waals surface area contributed by atoms with Crippen molar-refractivity contribution in [1.82, 2.24) is 0 Å². The van der Waals surface area contributed by atoms with E-state index in [1.165, 1.54) is 5.56 Å². The lowest BCUT2D eigenvalue weighted by Gasteiger charge is -2.18. The minimum absolute atomic E-state index is 0.268. The fraction of sp³-hybridized carbons (Fsp3) is 0.278. The van der Waals surface area contributed by atoms with E-state index in [0.29, 0.717) is 6.79 Å². The predicted octanol–water partition coefficient (Wildman–Crippen LogP) is 3.49. The van der Waals surface area contributed by atoms with Crippen molar-refractivity contribution in [2.24, 2.45) is 4.99 Å². The molecule has 2 aromatic rings. The van der Waals surface area contributed by atoms with Crippen molar-refractivity contribution in [3.05, 3.63) is 45.4 Å². The second kappa shape index (κ2) is 5.41. The Balaban J connectivity index is 1.52. The van der Waals surface area contributed by atoms with E-state index in [0.717, 1.165) is 63.7 Å². The molecule has 0 spiro atoms. The van der Waals surface area contributed by atoms with Gasteiger partial charge in [-0.2, -0.15) is 0 Å². The lowest BCUT2D eigenvalue weighted by molar-refractivity contribution is 0.173. The van der Waals surface area contributed by atoms with Crippen LogP contribution in [0.15, 0.2) is 33.7 Å². The molecule has 0 atom stereocenters. The first-order valence-corrected chi connectivity index (χ1v) is 8.62. The second-order valence-electron chi connectivity index (χ2n) is 5.89. The van der Waals surface area contributed by atoms with Crippen LogP contribution in [-0.2, 0) is 12.8 Å². The van der Waals surface area contributed by atoms with Gasteiger partial charge in [0, 0.05) is 24.2 Å². The van der Waals surface area contributed by atoms with Crippen LogP contribution in [0.25, 0.3) is 0 Å². The monoisotopic (exact) mass is 387 g/mol. The molecule has 0 saturated carbocycles.